The SMILES string of the molecule is C=CC(=O)C(=O)CC(C)[Si](OC)(OC)OC. The topological polar surface area (TPSA) is 61.8 Å². The van der Waals surface area contributed by atoms with Crippen LogP contribution < -0.4 is 0 Å². The van der Waals surface area contributed by atoms with Gasteiger partial charge in [0.15, 0.2) is 0 Å². The van der Waals surface area contributed by atoms with Crippen LogP contribution in [-0.2, 0) is 22.9 Å². The van der Waals surface area contributed by atoms with Crippen LogP contribution in [0.15, 0.2) is 12.7 Å². The van der Waals surface area contributed by atoms with Gasteiger partial charge in [-0.1, -0.05) is 13.5 Å². The minimum atomic E-state index is -2.85. The summed E-state index contributed by atoms with van der Waals surface area (Å²) in [4.78, 5) is 22.5. The van der Waals surface area contributed by atoms with Crippen molar-refractivity contribution >= 4 is 20.4 Å². The Labute approximate surface area is 96.7 Å². The average Bonchev–Trinajstić information content (AvgIpc) is 2.30. The Bertz CT molecular complexity index is 264. The van der Waals surface area contributed by atoms with E-state index in [2.05, 4.69) is 6.58 Å². The maximum Gasteiger partial charge on any atom is 0.503 e. The van der Waals surface area contributed by atoms with Crippen LogP contribution in [-0.4, -0.2) is 41.7 Å². The van der Waals surface area contributed by atoms with Crippen molar-refractivity contribution in [1.29, 1.82) is 0 Å². The lowest BCUT2D eigenvalue weighted by Crippen LogP contribution is -2.47. The van der Waals surface area contributed by atoms with E-state index in [1.54, 1.807) is 6.92 Å². The van der Waals surface area contributed by atoms with Gasteiger partial charge in [0.1, 0.15) is 0 Å². The van der Waals surface area contributed by atoms with Gasteiger partial charge in [0, 0.05) is 33.3 Å². The maximum atomic E-state index is 11.4. The normalized spacial score (nSPS) is 13.2. The van der Waals surface area contributed by atoms with Gasteiger partial charge >= 0.3 is 8.80 Å². The van der Waals surface area contributed by atoms with Crippen LogP contribution >= 0.6 is 0 Å². The quantitative estimate of drug-likeness (QED) is 0.363. The first-order chi connectivity index (χ1) is 7.47. The second-order valence-electron chi connectivity index (χ2n) is 3.31. The van der Waals surface area contributed by atoms with Gasteiger partial charge in [-0.2, -0.15) is 0 Å². The fraction of sp³-hybridized carbons (Fsp3) is 0.600. The molecule has 1 atom stereocenters. The molecule has 0 aliphatic heterocycles. The first kappa shape index (κ1) is 15.2. The van der Waals surface area contributed by atoms with Gasteiger partial charge in [0.05, 0.1) is 0 Å². The van der Waals surface area contributed by atoms with E-state index in [4.69, 9.17) is 13.3 Å². The molecule has 0 aliphatic rings. The van der Waals surface area contributed by atoms with E-state index < -0.39 is 20.4 Å². The number of carbonyl (C=O) groups excluding carboxylic acids is 2. The van der Waals surface area contributed by atoms with Crippen LogP contribution in [0, 0.1) is 0 Å². The molecule has 0 aromatic heterocycles. The summed E-state index contributed by atoms with van der Waals surface area (Å²) in [5.41, 5.74) is -0.274. The molecule has 0 spiro atoms. The molecule has 0 aliphatic carbocycles. The van der Waals surface area contributed by atoms with Gasteiger partial charge in [-0.05, 0) is 6.08 Å². The summed E-state index contributed by atoms with van der Waals surface area (Å²) in [6, 6.07) is 0. The van der Waals surface area contributed by atoms with Gasteiger partial charge in [-0.15, -0.1) is 0 Å². The summed E-state index contributed by atoms with van der Waals surface area (Å²) in [5.74, 6) is -1.11. The van der Waals surface area contributed by atoms with Gasteiger partial charge in [-0.3, -0.25) is 9.59 Å². The molecule has 1 unspecified atom stereocenters. The smallest absolute Gasteiger partial charge is 0.377 e. The Morgan fingerprint density at radius 1 is 1.25 bits per heavy atom. The molecule has 0 bridgehead atoms. The van der Waals surface area contributed by atoms with Crippen molar-refractivity contribution in [1.82, 2.24) is 0 Å². The number of hydrogen-bond acceptors (Lipinski definition) is 5. The van der Waals surface area contributed by atoms with Crippen molar-refractivity contribution in [3.63, 3.8) is 0 Å². The summed E-state index contributed by atoms with van der Waals surface area (Å²) in [6.45, 7) is 5.02. The summed E-state index contributed by atoms with van der Waals surface area (Å²) < 4.78 is 15.7. The van der Waals surface area contributed by atoms with E-state index in [-0.39, 0.29) is 12.0 Å². The van der Waals surface area contributed by atoms with E-state index in [9.17, 15) is 9.59 Å². The highest BCUT2D eigenvalue weighted by atomic mass is 28.4. The number of ketones is 2. The summed E-state index contributed by atoms with van der Waals surface area (Å²) in [5, 5.41) is 0. The predicted octanol–water partition coefficient (Wildman–Crippen LogP) is 0.969. The molecule has 0 rings (SSSR count). The van der Waals surface area contributed by atoms with Crippen LogP contribution in [0.5, 0.6) is 0 Å². The van der Waals surface area contributed by atoms with E-state index >= 15 is 0 Å². The third-order valence-electron chi connectivity index (χ3n) is 2.41. The monoisotopic (exact) mass is 246 g/mol. The van der Waals surface area contributed by atoms with Crippen LogP contribution in [0.2, 0.25) is 5.54 Å². The number of carbonyl (C=O) groups is 2. The molecule has 92 valence electrons. The fourth-order valence-electron chi connectivity index (χ4n) is 1.47. The molecule has 0 fully saturated rings. The van der Waals surface area contributed by atoms with Crippen molar-refractivity contribution in [2.75, 3.05) is 21.3 Å². The molecule has 0 N–H and O–H groups in total. The predicted molar refractivity (Wildman–Crippen MR) is 61.0 cm³/mol. The molecule has 0 aromatic carbocycles. The van der Waals surface area contributed by atoms with Crippen molar-refractivity contribution in [2.45, 2.75) is 18.9 Å². The minimum Gasteiger partial charge on any atom is -0.377 e. The zero-order chi connectivity index (χ0) is 12.8. The summed E-state index contributed by atoms with van der Waals surface area (Å²) >= 11 is 0. The third-order valence-corrected chi connectivity index (χ3v) is 5.53. The van der Waals surface area contributed by atoms with Crippen LogP contribution in [0.3, 0.4) is 0 Å². The zero-order valence-electron chi connectivity index (χ0n) is 10.1. The lowest BCUT2D eigenvalue weighted by atomic mass is 10.1. The Hall–Kier alpha value is -0.823. The second-order valence-corrected chi connectivity index (χ2v) is 6.73. The molecule has 0 amide bonds. The van der Waals surface area contributed by atoms with Gasteiger partial charge < -0.3 is 13.3 Å². The van der Waals surface area contributed by atoms with Gasteiger partial charge in [0.2, 0.25) is 11.6 Å². The summed E-state index contributed by atoms with van der Waals surface area (Å²) in [7, 11) is 1.55. The Balaban J connectivity index is 4.65. The molecule has 0 radical (unpaired) electrons. The zero-order valence-corrected chi connectivity index (χ0v) is 11.1. The number of hydrogen-bond donors (Lipinski definition) is 0. The average molecular weight is 246 g/mol. The van der Waals surface area contributed by atoms with E-state index in [1.807, 2.05) is 0 Å². The molecular weight excluding hydrogens is 228 g/mol. The second kappa shape index (κ2) is 6.69. The Kier molecular flexibility index (Phi) is 6.35. The molecule has 0 heterocycles. The van der Waals surface area contributed by atoms with Crippen molar-refractivity contribution in [2.24, 2.45) is 0 Å². The first-order valence-corrected chi connectivity index (χ1v) is 6.62. The lowest BCUT2D eigenvalue weighted by Gasteiger charge is -2.29. The standard InChI is InChI=1S/C10H18O5Si/c1-6-9(11)10(12)7-8(2)16(13-3,14-4)15-5/h6,8H,1,7H2,2-5H3. The molecule has 16 heavy (non-hydrogen) atoms. The van der Waals surface area contributed by atoms with Gasteiger partial charge in [0.25, 0.3) is 0 Å². The van der Waals surface area contributed by atoms with Crippen molar-refractivity contribution in [3.05, 3.63) is 12.7 Å². The molecule has 5 nitrogen and oxygen atoms in total. The largest absolute Gasteiger partial charge is 0.503 e. The van der Waals surface area contributed by atoms with Crippen molar-refractivity contribution in [3.8, 4) is 0 Å². The third kappa shape index (κ3) is 3.34. The number of allylic oxidation sites excluding steroid dienone is 1. The number of Topliss-reactive ketones (excluding diaryl/α,β-unsaturated/α-hetero) is 1. The molecular formula is C10H18O5Si. The highest BCUT2D eigenvalue weighted by molar-refractivity contribution is 6.63. The number of rotatable bonds is 8. The van der Waals surface area contributed by atoms with Crippen LogP contribution in [0.4, 0.5) is 0 Å². The molecule has 0 saturated carbocycles. The Morgan fingerprint density at radius 3 is 2.00 bits per heavy atom. The fourth-order valence-corrected chi connectivity index (χ4v) is 3.61. The highest BCUT2D eigenvalue weighted by Crippen LogP contribution is 2.27. The lowest BCUT2D eigenvalue weighted by molar-refractivity contribution is -0.134. The molecule has 0 saturated heterocycles. The highest BCUT2D eigenvalue weighted by Gasteiger charge is 2.45. The van der Waals surface area contributed by atoms with E-state index in [1.165, 1.54) is 21.3 Å². The van der Waals surface area contributed by atoms with E-state index in [0.29, 0.717) is 0 Å². The Morgan fingerprint density at radius 2 is 1.69 bits per heavy atom. The first-order valence-electron chi connectivity index (χ1n) is 4.82. The molecule has 6 heteroatoms. The maximum absolute atomic E-state index is 11.4. The van der Waals surface area contributed by atoms with Crippen molar-refractivity contribution < 1.29 is 22.9 Å². The van der Waals surface area contributed by atoms with Crippen LogP contribution in [0.1, 0.15) is 13.3 Å². The van der Waals surface area contributed by atoms with Crippen LogP contribution in [0.25, 0.3) is 0 Å². The molecule has 0 aromatic rings. The summed E-state index contributed by atoms with van der Waals surface area (Å²) in [6.07, 6.45) is 1.04. The van der Waals surface area contributed by atoms with Gasteiger partial charge in [-0.25, -0.2) is 0 Å². The van der Waals surface area contributed by atoms with E-state index in [0.717, 1.165) is 6.08 Å². The minimum absolute atomic E-state index is 0.0343.